The monoisotopic (exact) mass is 314 g/mol. The van der Waals surface area contributed by atoms with E-state index < -0.39 is 5.60 Å². The van der Waals surface area contributed by atoms with Crippen molar-refractivity contribution in [1.29, 1.82) is 0 Å². The number of aryl methyl sites for hydroxylation is 1. The van der Waals surface area contributed by atoms with Crippen LogP contribution in [0.25, 0.3) is 0 Å². The van der Waals surface area contributed by atoms with Gasteiger partial charge in [0.25, 0.3) is 0 Å². The summed E-state index contributed by atoms with van der Waals surface area (Å²) in [6.07, 6.45) is 7.99. The summed E-state index contributed by atoms with van der Waals surface area (Å²) in [5.74, 6) is 3.14. The molecule has 0 amide bonds. The van der Waals surface area contributed by atoms with Crippen LogP contribution < -0.4 is 4.74 Å². The lowest BCUT2D eigenvalue weighted by Crippen LogP contribution is -2.50. The van der Waals surface area contributed by atoms with Crippen molar-refractivity contribution in [2.24, 2.45) is 17.3 Å². The summed E-state index contributed by atoms with van der Waals surface area (Å²) in [6, 6.07) is 6.69. The van der Waals surface area contributed by atoms with Crippen LogP contribution in [0, 0.1) is 17.3 Å². The van der Waals surface area contributed by atoms with Gasteiger partial charge in [-0.2, -0.15) is 0 Å². The van der Waals surface area contributed by atoms with E-state index in [1.807, 2.05) is 0 Å². The Morgan fingerprint density at radius 3 is 2.78 bits per heavy atom. The summed E-state index contributed by atoms with van der Waals surface area (Å²) >= 11 is 0. The first kappa shape index (κ1) is 15.5. The Balaban J connectivity index is 1.68. The molecule has 0 unspecified atom stereocenters. The minimum atomic E-state index is -0.428. The van der Waals surface area contributed by atoms with Crippen molar-refractivity contribution in [2.45, 2.75) is 70.3 Å². The van der Waals surface area contributed by atoms with Gasteiger partial charge < -0.3 is 9.84 Å². The molecular formula is C21H30O2. The highest BCUT2D eigenvalue weighted by atomic mass is 16.5. The Hall–Kier alpha value is -1.02. The van der Waals surface area contributed by atoms with Gasteiger partial charge in [0.2, 0.25) is 0 Å². The molecular weight excluding hydrogens is 284 g/mol. The quantitative estimate of drug-likeness (QED) is 0.858. The van der Waals surface area contributed by atoms with Gasteiger partial charge in [-0.3, -0.25) is 0 Å². The van der Waals surface area contributed by atoms with Crippen LogP contribution in [0.15, 0.2) is 18.2 Å². The first-order chi connectivity index (χ1) is 11.0. The summed E-state index contributed by atoms with van der Waals surface area (Å²) in [6.45, 7) is 4.55. The van der Waals surface area contributed by atoms with E-state index in [1.165, 1.54) is 37.7 Å². The molecule has 0 heterocycles. The van der Waals surface area contributed by atoms with Gasteiger partial charge in [0.05, 0.1) is 12.7 Å². The number of hydrogen-bond acceptors (Lipinski definition) is 2. The van der Waals surface area contributed by atoms with E-state index in [-0.39, 0.29) is 5.41 Å². The number of rotatable bonds is 2. The molecule has 2 heteroatoms. The molecule has 0 saturated heterocycles. The molecule has 0 aliphatic heterocycles. The molecule has 2 saturated carbocycles. The Kier molecular flexibility index (Phi) is 3.53. The molecule has 0 radical (unpaired) electrons. The molecule has 4 rings (SSSR count). The molecule has 2 fully saturated rings. The molecule has 0 bridgehead atoms. The highest BCUT2D eigenvalue weighted by molar-refractivity contribution is 5.40. The average Bonchev–Trinajstić information content (AvgIpc) is 2.86. The van der Waals surface area contributed by atoms with E-state index >= 15 is 0 Å². The van der Waals surface area contributed by atoms with E-state index in [4.69, 9.17) is 4.74 Å². The van der Waals surface area contributed by atoms with Gasteiger partial charge in [-0.15, -0.1) is 0 Å². The number of ether oxygens (including phenoxy) is 1. The first-order valence-electron chi connectivity index (χ1n) is 9.41. The second kappa shape index (κ2) is 5.24. The number of fused-ring (bicyclic) bond motifs is 5. The number of aliphatic hydroxyl groups is 1. The van der Waals surface area contributed by atoms with Crippen molar-refractivity contribution >= 4 is 0 Å². The van der Waals surface area contributed by atoms with Crippen LogP contribution in [0.3, 0.4) is 0 Å². The fourth-order valence-electron chi connectivity index (χ4n) is 6.38. The van der Waals surface area contributed by atoms with E-state index in [2.05, 4.69) is 32.0 Å². The van der Waals surface area contributed by atoms with E-state index in [0.717, 1.165) is 24.5 Å². The highest BCUT2D eigenvalue weighted by Crippen LogP contribution is 2.64. The zero-order chi connectivity index (χ0) is 16.2. The van der Waals surface area contributed by atoms with Crippen LogP contribution in [-0.2, 0) is 6.42 Å². The second-order valence-corrected chi connectivity index (χ2v) is 8.36. The summed E-state index contributed by atoms with van der Waals surface area (Å²) in [5, 5.41) is 11.2. The van der Waals surface area contributed by atoms with E-state index in [9.17, 15) is 5.11 Å². The SMILES string of the molecule is CC[C@]1(O)CC[C@H]2[C@@H]3CCc4cc(OC)ccc4[C@H]3CC[C@@]21C. The van der Waals surface area contributed by atoms with Gasteiger partial charge >= 0.3 is 0 Å². The third-order valence-electron chi connectivity index (χ3n) is 7.84. The molecule has 3 aliphatic rings. The minimum absolute atomic E-state index is 0.132. The predicted molar refractivity (Wildman–Crippen MR) is 92.9 cm³/mol. The average molecular weight is 314 g/mol. The first-order valence-corrected chi connectivity index (χ1v) is 9.41. The van der Waals surface area contributed by atoms with Crippen LogP contribution in [0.1, 0.15) is 69.4 Å². The highest BCUT2D eigenvalue weighted by Gasteiger charge is 2.60. The van der Waals surface area contributed by atoms with Gasteiger partial charge in [0, 0.05) is 0 Å². The van der Waals surface area contributed by atoms with Crippen molar-refractivity contribution in [3.8, 4) is 5.75 Å². The molecule has 1 aromatic carbocycles. The zero-order valence-corrected chi connectivity index (χ0v) is 14.8. The Morgan fingerprint density at radius 1 is 1.22 bits per heavy atom. The van der Waals surface area contributed by atoms with Crippen molar-refractivity contribution in [3.63, 3.8) is 0 Å². The topological polar surface area (TPSA) is 29.5 Å². The standard InChI is InChI=1S/C21H30O2/c1-4-21(22)12-10-19-18-7-5-14-13-15(23-3)6-8-16(14)17(18)9-11-20(19,21)2/h6,8,13,17-19,22H,4-5,7,9-12H2,1-3H3/t17-,18-,19+,20+,21+/m1/s1. The van der Waals surface area contributed by atoms with Crippen LogP contribution in [-0.4, -0.2) is 17.8 Å². The predicted octanol–water partition coefficient (Wildman–Crippen LogP) is 4.69. The summed E-state index contributed by atoms with van der Waals surface area (Å²) in [4.78, 5) is 0. The normalized spacial score (nSPS) is 41.8. The maximum absolute atomic E-state index is 11.2. The Labute approximate surface area is 140 Å². The molecule has 126 valence electrons. The fourth-order valence-corrected chi connectivity index (χ4v) is 6.38. The van der Waals surface area contributed by atoms with E-state index in [0.29, 0.717) is 11.8 Å². The number of methoxy groups -OCH3 is 1. The van der Waals surface area contributed by atoms with Crippen LogP contribution >= 0.6 is 0 Å². The smallest absolute Gasteiger partial charge is 0.119 e. The molecule has 1 aromatic rings. The third kappa shape index (κ3) is 2.03. The number of benzene rings is 1. The lowest BCUT2D eigenvalue weighted by molar-refractivity contribution is -0.104. The van der Waals surface area contributed by atoms with Gasteiger partial charge in [0.1, 0.15) is 5.75 Å². The van der Waals surface area contributed by atoms with Crippen molar-refractivity contribution in [3.05, 3.63) is 29.3 Å². The van der Waals surface area contributed by atoms with Gasteiger partial charge in [-0.25, -0.2) is 0 Å². The minimum Gasteiger partial charge on any atom is -0.497 e. The Bertz CT molecular complexity index is 610. The summed E-state index contributed by atoms with van der Waals surface area (Å²) in [7, 11) is 1.75. The lowest BCUT2D eigenvalue weighted by atomic mass is 9.53. The molecule has 0 spiro atoms. The Morgan fingerprint density at radius 2 is 2.04 bits per heavy atom. The molecule has 23 heavy (non-hydrogen) atoms. The van der Waals surface area contributed by atoms with Crippen molar-refractivity contribution in [1.82, 2.24) is 0 Å². The summed E-state index contributed by atoms with van der Waals surface area (Å²) < 4.78 is 5.41. The maximum atomic E-state index is 11.2. The lowest BCUT2D eigenvalue weighted by Gasteiger charge is -2.53. The summed E-state index contributed by atoms with van der Waals surface area (Å²) in [5.41, 5.74) is 2.77. The van der Waals surface area contributed by atoms with Gasteiger partial charge in [-0.1, -0.05) is 19.9 Å². The van der Waals surface area contributed by atoms with Crippen LogP contribution in [0.5, 0.6) is 5.75 Å². The van der Waals surface area contributed by atoms with E-state index in [1.54, 1.807) is 12.7 Å². The zero-order valence-electron chi connectivity index (χ0n) is 14.8. The maximum Gasteiger partial charge on any atom is 0.119 e. The third-order valence-corrected chi connectivity index (χ3v) is 7.84. The van der Waals surface area contributed by atoms with Gasteiger partial charge in [-0.05, 0) is 91.4 Å². The van der Waals surface area contributed by atoms with Crippen molar-refractivity contribution in [2.75, 3.05) is 7.11 Å². The molecule has 2 nitrogen and oxygen atoms in total. The van der Waals surface area contributed by atoms with Crippen LogP contribution in [0.2, 0.25) is 0 Å². The van der Waals surface area contributed by atoms with Crippen molar-refractivity contribution < 1.29 is 9.84 Å². The molecule has 1 N–H and O–H groups in total. The largest absolute Gasteiger partial charge is 0.497 e. The molecule has 3 aliphatic carbocycles. The molecule has 0 aromatic heterocycles. The number of hydrogen-bond donors (Lipinski definition) is 1. The fraction of sp³-hybridized carbons (Fsp3) is 0.714. The second-order valence-electron chi connectivity index (χ2n) is 8.36. The molecule has 5 atom stereocenters. The van der Waals surface area contributed by atoms with Gasteiger partial charge in [0.15, 0.2) is 0 Å². The van der Waals surface area contributed by atoms with Crippen LogP contribution in [0.4, 0.5) is 0 Å².